The maximum absolute atomic E-state index is 5.02. The predicted molar refractivity (Wildman–Crippen MR) is 78.2 cm³/mol. The van der Waals surface area contributed by atoms with Gasteiger partial charge in [-0.2, -0.15) is 0 Å². The van der Waals surface area contributed by atoms with Gasteiger partial charge in [-0.3, -0.25) is 4.99 Å². The molecule has 0 N–H and O–H groups in total. The first-order chi connectivity index (χ1) is 8.90. The summed E-state index contributed by atoms with van der Waals surface area (Å²) in [5.74, 6) is 2.01. The first-order valence-electron chi connectivity index (χ1n) is 7.20. The lowest BCUT2D eigenvalue weighted by Crippen LogP contribution is -2.31. The number of hydrogen-bond acceptors (Lipinski definition) is 2. The van der Waals surface area contributed by atoms with Gasteiger partial charge >= 0.3 is 0 Å². The molecule has 1 heterocycles. The summed E-state index contributed by atoms with van der Waals surface area (Å²) >= 11 is 2.05. The van der Waals surface area contributed by atoms with Crippen molar-refractivity contribution in [3.05, 3.63) is 35.9 Å². The molecule has 1 nitrogen and oxygen atoms in total. The second-order valence-electron chi connectivity index (χ2n) is 5.95. The van der Waals surface area contributed by atoms with Crippen LogP contribution in [0.2, 0.25) is 0 Å². The molecule has 0 amide bonds. The molecule has 4 atom stereocenters. The maximum atomic E-state index is 5.02. The number of hydrogen-bond donors (Lipinski definition) is 0. The van der Waals surface area contributed by atoms with Crippen molar-refractivity contribution < 1.29 is 0 Å². The monoisotopic (exact) mass is 257 g/mol. The third-order valence-corrected chi connectivity index (χ3v) is 6.27. The van der Waals surface area contributed by atoms with Crippen LogP contribution in [0.25, 0.3) is 0 Å². The zero-order chi connectivity index (χ0) is 11.9. The highest BCUT2D eigenvalue weighted by molar-refractivity contribution is 8.15. The van der Waals surface area contributed by atoms with Gasteiger partial charge in [0.15, 0.2) is 0 Å². The quantitative estimate of drug-likeness (QED) is 0.737. The molecule has 2 aliphatic carbocycles. The molecule has 0 saturated heterocycles. The van der Waals surface area contributed by atoms with Crippen LogP contribution in [-0.2, 0) is 0 Å². The SMILES string of the molecule is c1ccc(C2=N[C@H]3C[C@@H]4CCC[C@H]4C[C@H]3S2)cc1. The van der Waals surface area contributed by atoms with Crippen molar-refractivity contribution in [2.75, 3.05) is 0 Å². The topological polar surface area (TPSA) is 12.4 Å². The van der Waals surface area contributed by atoms with Crippen LogP contribution in [0, 0.1) is 11.8 Å². The molecule has 18 heavy (non-hydrogen) atoms. The summed E-state index contributed by atoms with van der Waals surface area (Å²) in [5, 5.41) is 2.07. The largest absolute Gasteiger partial charge is 0.273 e. The van der Waals surface area contributed by atoms with Crippen LogP contribution >= 0.6 is 11.8 Å². The van der Waals surface area contributed by atoms with Crippen LogP contribution < -0.4 is 0 Å². The van der Waals surface area contributed by atoms with E-state index in [2.05, 4.69) is 30.3 Å². The molecule has 94 valence electrons. The molecule has 4 rings (SSSR count). The van der Waals surface area contributed by atoms with E-state index in [0.29, 0.717) is 6.04 Å². The van der Waals surface area contributed by atoms with Crippen molar-refractivity contribution >= 4 is 16.8 Å². The van der Waals surface area contributed by atoms with Crippen molar-refractivity contribution in [3.8, 4) is 0 Å². The Morgan fingerprint density at radius 3 is 2.61 bits per heavy atom. The van der Waals surface area contributed by atoms with Gasteiger partial charge in [-0.15, -0.1) is 11.8 Å². The molecule has 2 fully saturated rings. The Kier molecular flexibility index (Phi) is 2.72. The van der Waals surface area contributed by atoms with E-state index in [1.807, 2.05) is 11.8 Å². The van der Waals surface area contributed by atoms with E-state index in [4.69, 9.17) is 4.99 Å². The van der Waals surface area contributed by atoms with Gasteiger partial charge in [-0.1, -0.05) is 49.6 Å². The first-order valence-corrected chi connectivity index (χ1v) is 8.08. The summed E-state index contributed by atoms with van der Waals surface area (Å²) in [6.07, 6.45) is 7.19. The number of rotatable bonds is 1. The van der Waals surface area contributed by atoms with Crippen molar-refractivity contribution in [2.24, 2.45) is 16.8 Å². The molecular weight excluding hydrogens is 238 g/mol. The third kappa shape index (κ3) is 1.82. The fraction of sp³-hybridized carbons (Fsp3) is 0.562. The smallest absolute Gasteiger partial charge is 0.0984 e. The minimum Gasteiger partial charge on any atom is -0.273 e. The lowest BCUT2D eigenvalue weighted by Gasteiger charge is -2.32. The fourth-order valence-electron chi connectivity index (χ4n) is 3.96. The van der Waals surface area contributed by atoms with Crippen LogP contribution in [0.5, 0.6) is 0 Å². The van der Waals surface area contributed by atoms with Crippen molar-refractivity contribution in [3.63, 3.8) is 0 Å². The Morgan fingerprint density at radius 2 is 1.78 bits per heavy atom. The van der Waals surface area contributed by atoms with Crippen molar-refractivity contribution in [2.45, 2.75) is 43.4 Å². The van der Waals surface area contributed by atoms with Crippen LogP contribution in [-0.4, -0.2) is 16.3 Å². The lowest BCUT2D eigenvalue weighted by atomic mass is 9.79. The van der Waals surface area contributed by atoms with Gasteiger partial charge < -0.3 is 0 Å². The van der Waals surface area contributed by atoms with Crippen LogP contribution in [0.4, 0.5) is 0 Å². The first kappa shape index (κ1) is 11.1. The zero-order valence-corrected chi connectivity index (χ0v) is 11.4. The average Bonchev–Trinajstić information content (AvgIpc) is 3.01. The van der Waals surface area contributed by atoms with Gasteiger partial charge in [0.25, 0.3) is 0 Å². The minimum absolute atomic E-state index is 0.615. The normalized spacial score (nSPS) is 38.1. The molecule has 2 saturated carbocycles. The molecule has 0 bridgehead atoms. The Bertz CT molecular complexity index is 467. The molecule has 0 unspecified atom stereocenters. The molecule has 0 radical (unpaired) electrons. The Morgan fingerprint density at radius 1 is 1.00 bits per heavy atom. The number of thioether (sulfide) groups is 1. The summed E-state index contributed by atoms with van der Waals surface area (Å²) in [6.45, 7) is 0. The van der Waals surface area contributed by atoms with E-state index >= 15 is 0 Å². The van der Waals surface area contributed by atoms with E-state index in [1.165, 1.54) is 42.7 Å². The van der Waals surface area contributed by atoms with E-state index < -0.39 is 0 Å². The van der Waals surface area contributed by atoms with E-state index in [1.54, 1.807) is 0 Å². The van der Waals surface area contributed by atoms with Crippen molar-refractivity contribution in [1.82, 2.24) is 0 Å². The fourth-order valence-corrected chi connectivity index (χ4v) is 5.39. The molecule has 3 aliphatic rings. The zero-order valence-electron chi connectivity index (χ0n) is 10.6. The van der Waals surface area contributed by atoms with E-state index in [0.717, 1.165) is 17.1 Å². The minimum atomic E-state index is 0.615. The highest BCUT2D eigenvalue weighted by Crippen LogP contribution is 2.49. The second kappa shape index (κ2) is 4.41. The number of benzene rings is 1. The molecule has 1 aromatic rings. The molecule has 0 aromatic heterocycles. The van der Waals surface area contributed by atoms with Crippen LogP contribution in [0.3, 0.4) is 0 Å². The summed E-state index contributed by atoms with van der Waals surface area (Å²) in [6, 6.07) is 11.3. The summed E-state index contributed by atoms with van der Waals surface area (Å²) in [5.41, 5.74) is 1.32. The average molecular weight is 257 g/mol. The van der Waals surface area contributed by atoms with Crippen LogP contribution in [0.15, 0.2) is 35.3 Å². The standard InChI is InChI=1S/C16H19NS/c1-2-5-11(6-3-1)16-17-14-9-12-7-4-8-13(12)10-15(14)18-16/h1-3,5-6,12-15H,4,7-10H2/t12-,13-,14-,15+/m0/s1. The predicted octanol–water partition coefficient (Wildman–Crippen LogP) is 4.13. The van der Waals surface area contributed by atoms with Gasteiger partial charge in [-0.25, -0.2) is 0 Å². The number of nitrogens with zero attached hydrogens (tertiary/aromatic N) is 1. The number of aliphatic imine (C=N–C) groups is 1. The van der Waals surface area contributed by atoms with Gasteiger partial charge in [0.05, 0.1) is 11.1 Å². The molecule has 0 spiro atoms. The van der Waals surface area contributed by atoms with Crippen LogP contribution in [0.1, 0.15) is 37.7 Å². The molecular formula is C16H19NS. The summed E-state index contributed by atoms with van der Waals surface area (Å²) in [4.78, 5) is 5.02. The Balaban J connectivity index is 1.57. The maximum Gasteiger partial charge on any atom is 0.0984 e. The highest BCUT2D eigenvalue weighted by Gasteiger charge is 2.42. The molecule has 1 aromatic carbocycles. The lowest BCUT2D eigenvalue weighted by molar-refractivity contribution is 0.262. The Hall–Kier alpha value is -0.760. The molecule has 1 aliphatic heterocycles. The third-order valence-electron chi connectivity index (χ3n) is 4.89. The van der Waals surface area contributed by atoms with E-state index in [-0.39, 0.29) is 0 Å². The number of fused-ring (bicyclic) bond motifs is 2. The van der Waals surface area contributed by atoms with Gasteiger partial charge in [-0.05, 0) is 24.7 Å². The van der Waals surface area contributed by atoms with Gasteiger partial charge in [0.2, 0.25) is 0 Å². The molecule has 2 heteroatoms. The van der Waals surface area contributed by atoms with Crippen molar-refractivity contribution in [1.29, 1.82) is 0 Å². The second-order valence-corrected chi connectivity index (χ2v) is 7.17. The highest BCUT2D eigenvalue weighted by atomic mass is 32.2. The summed E-state index contributed by atoms with van der Waals surface area (Å²) in [7, 11) is 0. The summed E-state index contributed by atoms with van der Waals surface area (Å²) < 4.78 is 0. The van der Waals surface area contributed by atoms with Gasteiger partial charge in [0, 0.05) is 10.8 Å². The van der Waals surface area contributed by atoms with E-state index in [9.17, 15) is 0 Å². The van der Waals surface area contributed by atoms with Gasteiger partial charge in [0.1, 0.15) is 0 Å². The Labute approximate surface area is 113 Å².